The van der Waals surface area contributed by atoms with E-state index >= 15 is 0 Å². The molecule has 2 N–H and O–H groups in total. The first-order chi connectivity index (χ1) is 19.8. The monoisotopic (exact) mass is 556 g/mol. The van der Waals surface area contributed by atoms with Crippen molar-refractivity contribution < 1.29 is 9.18 Å². The van der Waals surface area contributed by atoms with Crippen LogP contribution in [0.1, 0.15) is 57.1 Å². The zero-order chi connectivity index (χ0) is 28.8. The number of carbonyl (C=O) groups is 1. The fraction of sp³-hybridized carbons (Fsp3) is 0.387. The van der Waals surface area contributed by atoms with E-state index in [0.29, 0.717) is 24.5 Å². The zero-order valence-corrected chi connectivity index (χ0v) is 23.8. The van der Waals surface area contributed by atoms with Crippen molar-refractivity contribution in [1.82, 2.24) is 30.0 Å². The van der Waals surface area contributed by atoms with Crippen LogP contribution in [0.5, 0.6) is 0 Å². The number of rotatable bonds is 9. The number of urea groups is 1. The lowest BCUT2D eigenvalue weighted by Crippen LogP contribution is -2.49. The van der Waals surface area contributed by atoms with Gasteiger partial charge < -0.3 is 10.6 Å². The van der Waals surface area contributed by atoms with Crippen LogP contribution in [0.3, 0.4) is 0 Å². The molecule has 2 amide bonds. The minimum absolute atomic E-state index is 0.0554. The van der Waals surface area contributed by atoms with Crippen molar-refractivity contribution in [2.75, 3.05) is 10.2 Å². The molecule has 1 fully saturated rings. The van der Waals surface area contributed by atoms with Gasteiger partial charge in [-0.2, -0.15) is 5.10 Å². The van der Waals surface area contributed by atoms with E-state index in [0.717, 1.165) is 48.2 Å². The van der Waals surface area contributed by atoms with Gasteiger partial charge >= 0.3 is 6.03 Å². The summed E-state index contributed by atoms with van der Waals surface area (Å²) in [7, 11) is 1.86. The molecule has 1 aliphatic rings. The number of carbonyl (C=O) groups excluding carboxylic acids is 1. The van der Waals surface area contributed by atoms with Gasteiger partial charge in [0.25, 0.3) is 0 Å². The number of hydrogen-bond acceptors (Lipinski definition) is 6. The minimum atomic E-state index is -1.38. The Hall–Kier alpha value is -4.34. The van der Waals surface area contributed by atoms with Gasteiger partial charge in [-0.3, -0.25) is 9.58 Å². The number of hydrogen-bond donors (Lipinski definition) is 2. The summed E-state index contributed by atoms with van der Waals surface area (Å²) in [5, 5.41) is 10.8. The second-order valence-corrected chi connectivity index (χ2v) is 10.8. The molecule has 0 radical (unpaired) electrons. The summed E-state index contributed by atoms with van der Waals surface area (Å²) in [6, 6.07) is 13.4. The lowest BCUT2D eigenvalue weighted by atomic mass is 9.90. The van der Waals surface area contributed by atoms with E-state index in [1.165, 1.54) is 0 Å². The average molecular weight is 557 g/mol. The summed E-state index contributed by atoms with van der Waals surface area (Å²) in [4.78, 5) is 28.9. The quantitative estimate of drug-likeness (QED) is 0.262. The first-order valence-electron chi connectivity index (χ1n) is 14.2. The van der Waals surface area contributed by atoms with Crippen molar-refractivity contribution in [2.45, 2.75) is 70.2 Å². The molecule has 10 heteroatoms. The Kier molecular flexibility index (Phi) is 8.56. The molecule has 0 bridgehead atoms. The van der Waals surface area contributed by atoms with Crippen LogP contribution in [0.2, 0.25) is 0 Å². The topological polar surface area (TPSA) is 101 Å². The highest BCUT2D eigenvalue weighted by Gasteiger charge is 2.32. The molecule has 3 aromatic heterocycles. The Morgan fingerprint density at radius 2 is 1.73 bits per heavy atom. The van der Waals surface area contributed by atoms with Crippen molar-refractivity contribution in [1.29, 1.82) is 0 Å². The summed E-state index contributed by atoms with van der Waals surface area (Å²) < 4.78 is 16.3. The van der Waals surface area contributed by atoms with Gasteiger partial charge in [-0.1, -0.05) is 43.3 Å². The number of pyridine rings is 1. The van der Waals surface area contributed by atoms with E-state index in [-0.39, 0.29) is 18.1 Å². The molecule has 1 aromatic carbocycles. The zero-order valence-electron chi connectivity index (χ0n) is 23.8. The third-order valence-electron chi connectivity index (χ3n) is 7.84. The molecule has 9 nitrogen and oxygen atoms in total. The van der Waals surface area contributed by atoms with Crippen molar-refractivity contribution in [2.24, 2.45) is 7.05 Å². The molecule has 3 heterocycles. The van der Waals surface area contributed by atoms with Crippen LogP contribution >= 0.6 is 0 Å². The Balaban J connectivity index is 1.27. The number of anilines is 2. The van der Waals surface area contributed by atoms with Crippen molar-refractivity contribution in [3.05, 3.63) is 84.6 Å². The molecule has 0 saturated heterocycles. The molecule has 1 atom stereocenters. The summed E-state index contributed by atoms with van der Waals surface area (Å²) in [5.41, 5.74) is 1.98. The SMILES string of the molecule is CCC(C)(F)c1ccc(NC2CCC(N(C(=O)NCc3ccccc3)c3ncc(-c4cnn(C)c4)cn3)CC2)nc1. The number of alkyl halides is 1. The molecule has 1 aliphatic carbocycles. The number of halogens is 1. The van der Waals surface area contributed by atoms with E-state index < -0.39 is 5.67 Å². The largest absolute Gasteiger partial charge is 0.367 e. The molecule has 0 spiro atoms. The third kappa shape index (κ3) is 6.87. The highest BCUT2D eigenvalue weighted by atomic mass is 19.1. The van der Waals surface area contributed by atoms with Gasteiger partial charge in [0, 0.05) is 67.2 Å². The highest BCUT2D eigenvalue weighted by molar-refractivity contribution is 5.90. The maximum atomic E-state index is 14.6. The normalized spacial score (nSPS) is 18.3. The van der Waals surface area contributed by atoms with Gasteiger partial charge in [0.1, 0.15) is 11.5 Å². The van der Waals surface area contributed by atoms with Crippen molar-refractivity contribution in [3.8, 4) is 11.1 Å². The second-order valence-electron chi connectivity index (χ2n) is 10.8. The Bertz CT molecular complexity index is 1410. The van der Waals surface area contributed by atoms with Gasteiger partial charge in [-0.15, -0.1) is 0 Å². The lowest BCUT2D eigenvalue weighted by Gasteiger charge is -2.36. The highest BCUT2D eigenvalue weighted by Crippen LogP contribution is 2.31. The standard InChI is InChI=1S/C31H37FN8O/c1-4-31(2,32)25-10-15-28(33-20-25)38-26-11-13-27(14-12-26)40(30(41)36-16-22-8-6-5-7-9-22)29-34-17-23(18-35-29)24-19-37-39(3)21-24/h5-10,15,17-21,26-27H,4,11-14,16H2,1-3H3,(H,33,38)(H,36,41). The average Bonchev–Trinajstić information content (AvgIpc) is 3.44. The van der Waals surface area contributed by atoms with E-state index in [9.17, 15) is 9.18 Å². The number of nitrogens with zero attached hydrogens (tertiary/aromatic N) is 6. The fourth-order valence-electron chi connectivity index (χ4n) is 5.12. The summed E-state index contributed by atoms with van der Waals surface area (Å²) in [5.74, 6) is 1.11. The van der Waals surface area contributed by atoms with Crippen molar-refractivity contribution in [3.63, 3.8) is 0 Å². The van der Waals surface area contributed by atoms with Crippen LogP contribution < -0.4 is 15.5 Å². The van der Waals surface area contributed by atoms with Crippen LogP contribution in [0.25, 0.3) is 11.1 Å². The Morgan fingerprint density at radius 1 is 1.00 bits per heavy atom. The molecule has 5 rings (SSSR count). The van der Waals surface area contributed by atoms with E-state index in [2.05, 4.69) is 30.7 Å². The van der Waals surface area contributed by atoms with Crippen LogP contribution in [0.4, 0.5) is 21.0 Å². The molecule has 214 valence electrons. The van der Waals surface area contributed by atoms with E-state index in [4.69, 9.17) is 0 Å². The van der Waals surface area contributed by atoms with Gasteiger partial charge in [0.05, 0.1) is 6.20 Å². The fourth-order valence-corrected chi connectivity index (χ4v) is 5.12. The smallest absolute Gasteiger partial charge is 0.324 e. The summed E-state index contributed by atoms with van der Waals surface area (Å²) >= 11 is 0. The summed E-state index contributed by atoms with van der Waals surface area (Å²) in [6.07, 6.45) is 12.4. The van der Waals surface area contributed by atoms with Crippen LogP contribution in [-0.2, 0) is 19.3 Å². The van der Waals surface area contributed by atoms with Gasteiger partial charge in [0.15, 0.2) is 0 Å². The molecule has 1 unspecified atom stereocenters. The molecule has 41 heavy (non-hydrogen) atoms. The van der Waals surface area contributed by atoms with Gasteiger partial charge in [-0.25, -0.2) is 24.1 Å². The Labute approximate surface area is 240 Å². The minimum Gasteiger partial charge on any atom is -0.367 e. The number of aryl methyl sites for hydroxylation is 1. The molecule has 0 aliphatic heterocycles. The predicted molar refractivity (Wildman–Crippen MR) is 158 cm³/mol. The molecular weight excluding hydrogens is 519 g/mol. The molecule has 1 saturated carbocycles. The number of nitrogens with one attached hydrogen (secondary N) is 2. The first-order valence-corrected chi connectivity index (χ1v) is 14.2. The Morgan fingerprint density at radius 3 is 2.34 bits per heavy atom. The van der Waals surface area contributed by atoms with Crippen molar-refractivity contribution >= 4 is 17.8 Å². The van der Waals surface area contributed by atoms with Crippen LogP contribution in [0, 0.1) is 0 Å². The maximum absolute atomic E-state index is 14.6. The first kappa shape index (κ1) is 28.2. The van der Waals surface area contributed by atoms with E-state index in [1.54, 1.807) is 47.4 Å². The second kappa shape index (κ2) is 12.4. The summed E-state index contributed by atoms with van der Waals surface area (Å²) in [6.45, 7) is 3.82. The maximum Gasteiger partial charge on any atom is 0.324 e. The molecular formula is C31H37FN8O. The lowest BCUT2D eigenvalue weighted by molar-refractivity contribution is 0.185. The van der Waals surface area contributed by atoms with Crippen LogP contribution in [0.15, 0.2) is 73.4 Å². The van der Waals surface area contributed by atoms with Gasteiger partial charge in [-0.05, 0) is 50.7 Å². The number of amides is 2. The number of aromatic nitrogens is 5. The van der Waals surface area contributed by atoms with Crippen LogP contribution in [-0.4, -0.2) is 42.8 Å². The van der Waals surface area contributed by atoms with E-state index in [1.807, 2.05) is 56.6 Å². The van der Waals surface area contributed by atoms with Gasteiger partial charge in [0.2, 0.25) is 5.95 Å². The predicted octanol–water partition coefficient (Wildman–Crippen LogP) is 6.01. The molecule has 4 aromatic rings. The number of benzene rings is 1. The third-order valence-corrected chi connectivity index (χ3v) is 7.84.